The van der Waals surface area contributed by atoms with Gasteiger partial charge in [-0.1, -0.05) is 0 Å². The molecule has 0 radical (unpaired) electrons. The molecule has 3 aliphatic rings. The van der Waals surface area contributed by atoms with Gasteiger partial charge in [0.2, 0.25) is 0 Å². The van der Waals surface area contributed by atoms with E-state index in [0.717, 1.165) is 18.9 Å². The second kappa shape index (κ2) is 7.10. The maximum Gasteiger partial charge on any atom is 0.291 e. The normalized spacial score (nSPS) is 25.4. The lowest BCUT2D eigenvalue weighted by atomic mass is 9.94. The van der Waals surface area contributed by atoms with Crippen LogP contribution in [-0.4, -0.2) is 36.5 Å². The quantitative estimate of drug-likeness (QED) is 0.897. The lowest BCUT2D eigenvalue weighted by Crippen LogP contribution is -2.41. The summed E-state index contributed by atoms with van der Waals surface area (Å²) in [5.74, 6) is 1.64. The van der Waals surface area contributed by atoms with Gasteiger partial charge in [0.15, 0.2) is 5.22 Å². The Morgan fingerprint density at radius 2 is 1.92 bits per heavy atom. The highest BCUT2D eigenvalue weighted by molar-refractivity contribution is 6.28. The fourth-order valence-corrected chi connectivity index (χ4v) is 3.85. The minimum atomic E-state index is -0.0277. The molecular formula is C19H21ClN2O3. The van der Waals surface area contributed by atoms with Crippen molar-refractivity contribution in [3.8, 4) is 11.7 Å². The first-order valence-electron chi connectivity index (χ1n) is 8.72. The first kappa shape index (κ1) is 16.5. The zero-order valence-electron chi connectivity index (χ0n) is 13.9. The lowest BCUT2D eigenvalue weighted by molar-refractivity contribution is 0.0929. The molecule has 1 amide bonds. The first-order chi connectivity index (χ1) is 12.2. The smallest absolute Gasteiger partial charge is 0.291 e. The standard InChI is InChI=1S/C19H21ClN2O3/c20-17-5-6-18(25-17)24-16-3-1-14(2-4-16)19(23)21-15-11-13-7-9-22(12-15)10-8-13/h1-6,13,15H,7-12H2,(H,21,23). The summed E-state index contributed by atoms with van der Waals surface area (Å²) in [5, 5.41) is 3.47. The fraction of sp³-hybridized carbons (Fsp3) is 0.421. The highest BCUT2D eigenvalue weighted by atomic mass is 35.5. The van der Waals surface area contributed by atoms with Crippen LogP contribution in [0, 0.1) is 5.92 Å². The Balaban J connectivity index is 1.37. The van der Waals surface area contributed by atoms with Crippen molar-refractivity contribution in [3.05, 3.63) is 47.2 Å². The number of hydrogen-bond donors (Lipinski definition) is 1. The molecule has 1 unspecified atom stereocenters. The number of piperidine rings is 1. The molecule has 6 heteroatoms. The molecule has 5 nitrogen and oxygen atoms in total. The van der Waals surface area contributed by atoms with Gasteiger partial charge in [-0.25, -0.2) is 0 Å². The predicted octanol–water partition coefficient (Wildman–Crippen LogP) is 3.94. The third kappa shape index (κ3) is 3.99. The van der Waals surface area contributed by atoms with Crippen LogP contribution in [-0.2, 0) is 0 Å². The summed E-state index contributed by atoms with van der Waals surface area (Å²) in [6.07, 6.45) is 3.60. The van der Waals surface area contributed by atoms with E-state index in [1.54, 1.807) is 36.4 Å². The number of carbonyl (C=O) groups excluding carboxylic acids is 1. The highest BCUT2D eigenvalue weighted by Crippen LogP contribution is 2.28. The summed E-state index contributed by atoms with van der Waals surface area (Å²) in [4.78, 5) is 15.0. The highest BCUT2D eigenvalue weighted by Gasteiger charge is 2.29. The predicted molar refractivity (Wildman–Crippen MR) is 95.3 cm³/mol. The molecule has 5 rings (SSSR count). The SMILES string of the molecule is O=C(NC1CC2CCN(CC2)C1)c1ccc(Oc2ccc(Cl)o2)cc1. The van der Waals surface area contributed by atoms with E-state index in [9.17, 15) is 4.79 Å². The third-order valence-corrected chi connectivity index (χ3v) is 5.23. The van der Waals surface area contributed by atoms with Crippen molar-refractivity contribution in [1.82, 2.24) is 10.2 Å². The Morgan fingerprint density at radius 1 is 1.16 bits per heavy atom. The van der Waals surface area contributed by atoms with Crippen molar-refractivity contribution in [2.45, 2.75) is 25.3 Å². The zero-order chi connectivity index (χ0) is 17.2. The Bertz CT molecular complexity index is 721. The van der Waals surface area contributed by atoms with Gasteiger partial charge in [0, 0.05) is 30.3 Å². The first-order valence-corrected chi connectivity index (χ1v) is 9.10. The second-order valence-electron chi connectivity index (χ2n) is 6.84. The van der Waals surface area contributed by atoms with Crippen LogP contribution in [0.2, 0.25) is 5.22 Å². The van der Waals surface area contributed by atoms with Gasteiger partial charge in [0.1, 0.15) is 5.75 Å². The van der Waals surface area contributed by atoms with Crippen LogP contribution in [0.1, 0.15) is 29.6 Å². The molecule has 3 saturated heterocycles. The van der Waals surface area contributed by atoms with Crippen molar-refractivity contribution >= 4 is 17.5 Å². The summed E-state index contributed by atoms with van der Waals surface area (Å²) < 4.78 is 10.7. The molecule has 1 aromatic heterocycles. The molecule has 3 aliphatic heterocycles. The lowest BCUT2D eigenvalue weighted by Gasteiger charge is -2.26. The van der Waals surface area contributed by atoms with E-state index in [0.29, 0.717) is 17.3 Å². The topological polar surface area (TPSA) is 54.7 Å². The molecule has 3 fully saturated rings. The number of furan rings is 1. The maximum absolute atomic E-state index is 12.5. The van der Waals surface area contributed by atoms with Crippen LogP contribution >= 0.6 is 11.6 Å². The monoisotopic (exact) mass is 360 g/mol. The van der Waals surface area contributed by atoms with Crippen molar-refractivity contribution in [3.63, 3.8) is 0 Å². The van der Waals surface area contributed by atoms with Crippen LogP contribution in [0.25, 0.3) is 0 Å². The van der Waals surface area contributed by atoms with Crippen LogP contribution in [0.3, 0.4) is 0 Å². The minimum Gasteiger partial charge on any atom is -0.426 e. The van der Waals surface area contributed by atoms with Gasteiger partial charge in [0.05, 0.1) is 0 Å². The van der Waals surface area contributed by atoms with Gasteiger partial charge >= 0.3 is 0 Å². The van der Waals surface area contributed by atoms with Crippen molar-refractivity contribution in [2.24, 2.45) is 5.92 Å². The van der Waals surface area contributed by atoms with E-state index >= 15 is 0 Å². The molecular weight excluding hydrogens is 340 g/mol. The number of halogens is 1. The van der Waals surface area contributed by atoms with Crippen LogP contribution in [0.4, 0.5) is 0 Å². The molecule has 0 spiro atoms. The van der Waals surface area contributed by atoms with Gasteiger partial charge in [-0.05, 0) is 74.1 Å². The molecule has 25 heavy (non-hydrogen) atoms. The molecule has 132 valence electrons. The second-order valence-corrected chi connectivity index (χ2v) is 7.21. The molecule has 4 heterocycles. The van der Waals surface area contributed by atoms with Crippen molar-refractivity contribution in [1.29, 1.82) is 0 Å². The summed E-state index contributed by atoms with van der Waals surface area (Å²) >= 11 is 5.72. The van der Waals surface area contributed by atoms with Gasteiger partial charge < -0.3 is 19.4 Å². The van der Waals surface area contributed by atoms with Crippen molar-refractivity contribution in [2.75, 3.05) is 19.6 Å². The number of nitrogens with zero attached hydrogens (tertiary/aromatic N) is 1. The Morgan fingerprint density at radius 3 is 2.60 bits per heavy atom. The molecule has 1 N–H and O–H groups in total. The Labute approximate surface area is 151 Å². The van der Waals surface area contributed by atoms with Crippen LogP contribution in [0.15, 0.2) is 40.8 Å². The van der Waals surface area contributed by atoms with Gasteiger partial charge in [-0.15, -0.1) is 0 Å². The number of fused-ring (bicyclic) bond motifs is 4. The average Bonchev–Trinajstić information content (AvgIpc) is 2.81. The Kier molecular flexibility index (Phi) is 4.68. The van der Waals surface area contributed by atoms with Gasteiger partial charge in [-0.2, -0.15) is 0 Å². The average molecular weight is 361 g/mol. The zero-order valence-corrected chi connectivity index (χ0v) is 14.7. The third-order valence-electron chi connectivity index (χ3n) is 5.02. The Hall–Kier alpha value is -1.98. The number of nitrogens with one attached hydrogen (secondary N) is 1. The molecule has 0 saturated carbocycles. The van der Waals surface area contributed by atoms with Gasteiger partial charge in [-0.3, -0.25) is 4.79 Å². The molecule has 2 aromatic rings. The summed E-state index contributed by atoms with van der Waals surface area (Å²) in [6, 6.07) is 10.6. The molecule has 1 aromatic carbocycles. The number of hydrogen-bond acceptors (Lipinski definition) is 4. The number of ether oxygens (including phenoxy) is 1. The molecule has 2 bridgehead atoms. The van der Waals surface area contributed by atoms with Crippen molar-refractivity contribution < 1.29 is 13.9 Å². The van der Waals surface area contributed by atoms with E-state index in [4.69, 9.17) is 20.8 Å². The number of benzene rings is 1. The number of carbonyl (C=O) groups is 1. The van der Waals surface area contributed by atoms with Crippen LogP contribution < -0.4 is 10.1 Å². The molecule has 1 atom stereocenters. The number of amides is 1. The fourth-order valence-electron chi connectivity index (χ4n) is 3.71. The van der Waals surface area contributed by atoms with E-state index in [1.165, 1.54) is 25.9 Å². The number of rotatable bonds is 4. The summed E-state index contributed by atoms with van der Waals surface area (Å²) in [6.45, 7) is 3.29. The largest absolute Gasteiger partial charge is 0.426 e. The maximum atomic E-state index is 12.5. The van der Waals surface area contributed by atoms with E-state index in [2.05, 4.69) is 10.2 Å². The van der Waals surface area contributed by atoms with E-state index in [1.807, 2.05) is 0 Å². The summed E-state index contributed by atoms with van der Waals surface area (Å²) in [7, 11) is 0. The minimum absolute atomic E-state index is 0.0277. The van der Waals surface area contributed by atoms with Crippen LogP contribution in [0.5, 0.6) is 11.7 Å². The van der Waals surface area contributed by atoms with Gasteiger partial charge in [0.25, 0.3) is 11.9 Å². The van der Waals surface area contributed by atoms with E-state index in [-0.39, 0.29) is 17.2 Å². The summed E-state index contributed by atoms with van der Waals surface area (Å²) in [5.41, 5.74) is 0.636. The van der Waals surface area contributed by atoms with E-state index < -0.39 is 0 Å². The molecule has 0 aliphatic carbocycles.